The molecule has 2 heterocycles. The lowest BCUT2D eigenvalue weighted by Gasteiger charge is -2.31. The average molecular weight is 305 g/mol. The summed E-state index contributed by atoms with van der Waals surface area (Å²) >= 11 is 0. The number of nitrogens with zero attached hydrogens (tertiary/aromatic N) is 2. The van der Waals surface area contributed by atoms with E-state index in [0.717, 1.165) is 12.8 Å². The highest BCUT2D eigenvalue weighted by Gasteiger charge is 2.22. The molecule has 0 aromatic carbocycles. The van der Waals surface area contributed by atoms with Crippen molar-refractivity contribution in [2.45, 2.75) is 45.8 Å². The van der Waals surface area contributed by atoms with Gasteiger partial charge in [0.1, 0.15) is 0 Å². The number of amides is 2. The SMILES string of the molecule is CC(=O)N1CCC(NC(=O)c2ccc(OC(C)C)nc2)CC1. The smallest absolute Gasteiger partial charge is 0.253 e. The summed E-state index contributed by atoms with van der Waals surface area (Å²) in [7, 11) is 0. The van der Waals surface area contributed by atoms with Gasteiger partial charge in [-0.3, -0.25) is 9.59 Å². The van der Waals surface area contributed by atoms with Crippen LogP contribution in [0, 0.1) is 0 Å². The fourth-order valence-corrected chi connectivity index (χ4v) is 2.43. The lowest BCUT2D eigenvalue weighted by molar-refractivity contribution is -0.129. The van der Waals surface area contributed by atoms with Crippen LogP contribution in [0.4, 0.5) is 0 Å². The van der Waals surface area contributed by atoms with Gasteiger partial charge in [0.25, 0.3) is 5.91 Å². The van der Waals surface area contributed by atoms with E-state index in [1.54, 1.807) is 19.1 Å². The Morgan fingerprint density at radius 2 is 2.00 bits per heavy atom. The molecule has 120 valence electrons. The van der Waals surface area contributed by atoms with Gasteiger partial charge < -0.3 is 15.0 Å². The first-order valence-electron chi connectivity index (χ1n) is 7.65. The molecule has 6 nitrogen and oxygen atoms in total. The number of likely N-dealkylation sites (tertiary alicyclic amines) is 1. The number of carbonyl (C=O) groups is 2. The first kappa shape index (κ1) is 16.3. The molecular formula is C16H23N3O3. The van der Waals surface area contributed by atoms with Gasteiger partial charge in [0.2, 0.25) is 11.8 Å². The molecule has 1 fully saturated rings. The lowest BCUT2D eigenvalue weighted by atomic mass is 10.0. The summed E-state index contributed by atoms with van der Waals surface area (Å²) in [4.78, 5) is 29.4. The van der Waals surface area contributed by atoms with Crippen molar-refractivity contribution in [1.82, 2.24) is 15.2 Å². The maximum Gasteiger partial charge on any atom is 0.253 e. The van der Waals surface area contributed by atoms with Gasteiger partial charge in [-0.25, -0.2) is 4.98 Å². The van der Waals surface area contributed by atoms with Gasteiger partial charge in [-0.2, -0.15) is 0 Å². The largest absolute Gasteiger partial charge is 0.475 e. The molecule has 22 heavy (non-hydrogen) atoms. The summed E-state index contributed by atoms with van der Waals surface area (Å²) in [6, 6.07) is 3.52. The zero-order valence-electron chi connectivity index (χ0n) is 13.3. The molecule has 0 radical (unpaired) electrons. The predicted octanol–water partition coefficient (Wildman–Crippen LogP) is 1.61. The van der Waals surface area contributed by atoms with Gasteiger partial charge in [0, 0.05) is 38.3 Å². The van der Waals surface area contributed by atoms with Gasteiger partial charge in [-0.15, -0.1) is 0 Å². The van der Waals surface area contributed by atoms with E-state index in [-0.39, 0.29) is 24.0 Å². The average Bonchev–Trinajstić information content (AvgIpc) is 2.48. The zero-order valence-corrected chi connectivity index (χ0v) is 13.3. The highest BCUT2D eigenvalue weighted by Crippen LogP contribution is 2.13. The van der Waals surface area contributed by atoms with Crippen molar-refractivity contribution in [3.05, 3.63) is 23.9 Å². The van der Waals surface area contributed by atoms with E-state index in [2.05, 4.69) is 10.3 Å². The highest BCUT2D eigenvalue weighted by atomic mass is 16.5. The van der Waals surface area contributed by atoms with E-state index in [4.69, 9.17) is 4.74 Å². The molecule has 0 unspecified atom stereocenters. The van der Waals surface area contributed by atoms with Crippen molar-refractivity contribution in [3.63, 3.8) is 0 Å². The molecule has 2 amide bonds. The Labute approximate surface area is 130 Å². The van der Waals surface area contributed by atoms with Crippen LogP contribution < -0.4 is 10.1 Å². The Bertz CT molecular complexity index is 520. The minimum atomic E-state index is -0.134. The fourth-order valence-electron chi connectivity index (χ4n) is 2.43. The Kier molecular flexibility index (Phi) is 5.35. The van der Waals surface area contributed by atoms with Crippen LogP contribution in [-0.4, -0.2) is 46.9 Å². The standard InChI is InChI=1S/C16H23N3O3/c1-11(2)22-15-5-4-13(10-17-15)16(21)18-14-6-8-19(9-7-14)12(3)20/h4-5,10-11,14H,6-9H2,1-3H3,(H,18,21). The molecule has 1 aliphatic heterocycles. The first-order chi connectivity index (χ1) is 10.5. The highest BCUT2D eigenvalue weighted by molar-refractivity contribution is 5.94. The monoisotopic (exact) mass is 305 g/mol. The number of nitrogens with one attached hydrogen (secondary N) is 1. The Balaban J connectivity index is 1.86. The van der Waals surface area contributed by atoms with Gasteiger partial charge in [0.05, 0.1) is 11.7 Å². The van der Waals surface area contributed by atoms with E-state index in [0.29, 0.717) is 24.5 Å². The summed E-state index contributed by atoms with van der Waals surface area (Å²) in [5.74, 6) is 0.473. The number of rotatable bonds is 4. The van der Waals surface area contributed by atoms with Crippen molar-refractivity contribution in [3.8, 4) is 5.88 Å². The second kappa shape index (κ2) is 7.24. The van der Waals surface area contributed by atoms with E-state index in [9.17, 15) is 9.59 Å². The molecule has 1 aliphatic rings. The van der Waals surface area contributed by atoms with Gasteiger partial charge in [-0.05, 0) is 32.8 Å². The molecule has 2 rings (SSSR count). The third kappa shape index (κ3) is 4.44. The van der Waals surface area contributed by atoms with E-state index < -0.39 is 0 Å². The molecule has 0 spiro atoms. The summed E-state index contributed by atoms with van der Waals surface area (Å²) in [6.45, 7) is 6.82. The molecule has 0 aliphatic carbocycles. The van der Waals surface area contributed by atoms with Crippen molar-refractivity contribution in [2.75, 3.05) is 13.1 Å². The van der Waals surface area contributed by atoms with Gasteiger partial charge >= 0.3 is 0 Å². The van der Waals surface area contributed by atoms with Crippen molar-refractivity contribution < 1.29 is 14.3 Å². The normalized spacial score (nSPS) is 15.7. The molecule has 1 saturated heterocycles. The molecule has 0 atom stereocenters. The molecule has 0 bridgehead atoms. The van der Waals surface area contributed by atoms with Crippen molar-refractivity contribution >= 4 is 11.8 Å². The molecule has 6 heteroatoms. The Morgan fingerprint density at radius 1 is 1.32 bits per heavy atom. The molecule has 1 aromatic heterocycles. The van der Waals surface area contributed by atoms with Crippen LogP contribution in [0.3, 0.4) is 0 Å². The van der Waals surface area contributed by atoms with Gasteiger partial charge in [-0.1, -0.05) is 0 Å². The number of pyridine rings is 1. The second-order valence-corrected chi connectivity index (χ2v) is 5.81. The molecule has 1 aromatic rings. The summed E-state index contributed by atoms with van der Waals surface area (Å²) in [5, 5.41) is 3.00. The number of hydrogen-bond donors (Lipinski definition) is 1. The minimum absolute atomic E-state index is 0.0543. The molecule has 0 saturated carbocycles. The number of aromatic nitrogens is 1. The Morgan fingerprint density at radius 3 is 2.50 bits per heavy atom. The van der Waals surface area contributed by atoms with Crippen LogP contribution in [0.5, 0.6) is 5.88 Å². The van der Waals surface area contributed by atoms with Crippen LogP contribution in [0.2, 0.25) is 0 Å². The minimum Gasteiger partial charge on any atom is -0.475 e. The summed E-state index contributed by atoms with van der Waals surface area (Å²) in [5.41, 5.74) is 0.519. The van der Waals surface area contributed by atoms with Crippen LogP contribution in [0.15, 0.2) is 18.3 Å². The molecule has 1 N–H and O–H groups in total. The van der Waals surface area contributed by atoms with Crippen LogP contribution in [0.1, 0.15) is 44.0 Å². The predicted molar refractivity (Wildman–Crippen MR) is 82.7 cm³/mol. The number of ether oxygens (including phenoxy) is 1. The van der Waals surface area contributed by atoms with Crippen LogP contribution in [-0.2, 0) is 4.79 Å². The first-order valence-corrected chi connectivity index (χ1v) is 7.65. The quantitative estimate of drug-likeness (QED) is 0.917. The fraction of sp³-hybridized carbons (Fsp3) is 0.562. The second-order valence-electron chi connectivity index (χ2n) is 5.81. The van der Waals surface area contributed by atoms with E-state index >= 15 is 0 Å². The van der Waals surface area contributed by atoms with Crippen molar-refractivity contribution in [1.29, 1.82) is 0 Å². The topological polar surface area (TPSA) is 71.5 Å². The number of piperidine rings is 1. The maximum absolute atomic E-state index is 12.2. The van der Waals surface area contributed by atoms with Gasteiger partial charge in [0.15, 0.2) is 0 Å². The lowest BCUT2D eigenvalue weighted by Crippen LogP contribution is -2.46. The third-order valence-corrected chi connectivity index (χ3v) is 3.63. The van der Waals surface area contributed by atoms with Crippen molar-refractivity contribution in [2.24, 2.45) is 0 Å². The van der Waals surface area contributed by atoms with Crippen LogP contribution >= 0.6 is 0 Å². The number of hydrogen-bond acceptors (Lipinski definition) is 4. The van der Waals surface area contributed by atoms with Crippen LogP contribution in [0.25, 0.3) is 0 Å². The maximum atomic E-state index is 12.2. The third-order valence-electron chi connectivity index (χ3n) is 3.63. The summed E-state index contributed by atoms with van der Waals surface area (Å²) < 4.78 is 5.45. The number of carbonyl (C=O) groups excluding carboxylic acids is 2. The van der Waals surface area contributed by atoms with E-state index in [1.165, 1.54) is 6.20 Å². The summed E-state index contributed by atoms with van der Waals surface area (Å²) in [6.07, 6.45) is 3.15. The Hall–Kier alpha value is -2.11. The van der Waals surface area contributed by atoms with E-state index in [1.807, 2.05) is 18.7 Å². The molecular weight excluding hydrogens is 282 g/mol. The zero-order chi connectivity index (χ0) is 16.1.